The van der Waals surface area contributed by atoms with Crippen LogP contribution in [0.25, 0.3) is 0 Å². The van der Waals surface area contributed by atoms with Crippen LogP contribution in [0.3, 0.4) is 0 Å². The average molecular weight is 332 g/mol. The molecule has 4 nitrogen and oxygen atoms in total. The van der Waals surface area contributed by atoms with Crippen molar-refractivity contribution >= 4 is 9.84 Å². The molecule has 0 aromatic rings. The minimum atomic E-state index is -2.95. The van der Waals surface area contributed by atoms with Crippen molar-refractivity contribution in [1.82, 2.24) is 5.32 Å². The van der Waals surface area contributed by atoms with Gasteiger partial charge < -0.3 is 10.1 Å². The highest BCUT2D eigenvalue weighted by atomic mass is 32.2. The molecule has 130 valence electrons. The normalized spacial score (nSPS) is 28.7. The Bertz CT molecular complexity index is 441. The Balaban J connectivity index is 1.86. The van der Waals surface area contributed by atoms with Gasteiger partial charge in [-0.15, -0.1) is 0 Å². The van der Waals surface area contributed by atoms with Crippen molar-refractivity contribution in [1.29, 1.82) is 0 Å². The first kappa shape index (κ1) is 18.2. The minimum absolute atomic E-state index is 0.137. The zero-order chi connectivity index (χ0) is 16.2. The first-order chi connectivity index (χ1) is 10.3. The topological polar surface area (TPSA) is 55.4 Å². The number of hydrogen-bond donors (Lipinski definition) is 1. The van der Waals surface area contributed by atoms with E-state index in [4.69, 9.17) is 4.74 Å². The van der Waals surface area contributed by atoms with Crippen LogP contribution in [0, 0.1) is 11.3 Å². The Hall–Kier alpha value is -0.130. The molecule has 1 aliphatic heterocycles. The van der Waals surface area contributed by atoms with E-state index in [1.807, 2.05) is 0 Å². The molecule has 0 bridgehead atoms. The lowest BCUT2D eigenvalue weighted by atomic mass is 9.79. The second kappa shape index (κ2) is 7.63. The molecule has 0 amide bonds. The third-order valence-corrected chi connectivity index (χ3v) is 6.94. The lowest BCUT2D eigenvalue weighted by molar-refractivity contribution is 0.0507. The summed E-state index contributed by atoms with van der Waals surface area (Å²) in [4.78, 5) is 0. The Morgan fingerprint density at radius 3 is 2.36 bits per heavy atom. The molecule has 1 saturated carbocycles. The van der Waals surface area contributed by atoms with E-state index in [9.17, 15) is 8.42 Å². The number of rotatable bonds is 6. The first-order valence-corrected chi connectivity index (χ1v) is 10.7. The molecule has 1 aliphatic carbocycles. The predicted molar refractivity (Wildman–Crippen MR) is 90.8 cm³/mol. The predicted octanol–water partition coefficient (Wildman–Crippen LogP) is 2.77. The van der Waals surface area contributed by atoms with Crippen molar-refractivity contribution in [2.45, 2.75) is 70.1 Å². The number of sulfone groups is 1. The number of ether oxygens (including phenoxy) is 1. The Kier molecular flexibility index (Phi) is 6.31. The molecular weight excluding hydrogens is 298 g/mol. The lowest BCUT2D eigenvalue weighted by Gasteiger charge is -2.36. The average Bonchev–Trinajstić information content (AvgIpc) is 2.45. The van der Waals surface area contributed by atoms with Crippen LogP contribution in [0.1, 0.15) is 58.8 Å². The summed E-state index contributed by atoms with van der Waals surface area (Å²) in [5.41, 5.74) is 0.210. The molecule has 2 rings (SSSR count). The van der Waals surface area contributed by atoms with Gasteiger partial charge in [0.15, 0.2) is 9.84 Å². The van der Waals surface area contributed by atoms with Crippen LogP contribution in [0.2, 0.25) is 0 Å². The molecule has 1 saturated heterocycles. The van der Waals surface area contributed by atoms with Crippen LogP contribution in [0.5, 0.6) is 0 Å². The van der Waals surface area contributed by atoms with Crippen molar-refractivity contribution in [3.8, 4) is 0 Å². The fraction of sp³-hybridized carbons (Fsp3) is 1.00. The number of hydrogen-bond acceptors (Lipinski definition) is 4. The standard InChI is InChI=1S/C17H33NO3S/c1-17(2,12-14-8-10-21-11-9-14)13-18-15-6-4-5-7-16(15)22(3,19)20/h14-16,18H,4-13H2,1-3H3/t15-,16+/m1/s1. The van der Waals surface area contributed by atoms with Gasteiger partial charge in [-0.05, 0) is 43.4 Å². The Morgan fingerprint density at radius 2 is 1.73 bits per heavy atom. The molecule has 22 heavy (non-hydrogen) atoms. The molecular formula is C17H33NO3S. The van der Waals surface area contributed by atoms with E-state index in [2.05, 4.69) is 19.2 Å². The third-order valence-electron chi connectivity index (χ3n) is 5.28. The summed E-state index contributed by atoms with van der Waals surface area (Å²) in [5, 5.41) is 3.40. The Labute approximate surface area is 136 Å². The van der Waals surface area contributed by atoms with E-state index in [1.54, 1.807) is 0 Å². The van der Waals surface area contributed by atoms with E-state index in [1.165, 1.54) is 25.5 Å². The molecule has 2 aliphatic rings. The van der Waals surface area contributed by atoms with Crippen LogP contribution in [0.4, 0.5) is 0 Å². The van der Waals surface area contributed by atoms with E-state index >= 15 is 0 Å². The zero-order valence-corrected chi connectivity index (χ0v) is 15.3. The van der Waals surface area contributed by atoms with Crippen LogP contribution in [-0.4, -0.2) is 45.7 Å². The summed E-state index contributed by atoms with van der Waals surface area (Å²) in [6.07, 6.45) is 8.91. The maximum absolute atomic E-state index is 12.0. The maximum Gasteiger partial charge on any atom is 0.151 e. The van der Waals surface area contributed by atoms with Gasteiger partial charge in [0.25, 0.3) is 0 Å². The number of nitrogens with one attached hydrogen (secondary N) is 1. The molecule has 0 aromatic carbocycles. The summed E-state index contributed by atoms with van der Waals surface area (Å²) in [7, 11) is -2.95. The second-order valence-corrected chi connectivity index (χ2v) is 10.3. The lowest BCUT2D eigenvalue weighted by Crippen LogP contribution is -2.48. The molecule has 0 spiro atoms. The van der Waals surface area contributed by atoms with Crippen molar-refractivity contribution in [3.05, 3.63) is 0 Å². The van der Waals surface area contributed by atoms with Gasteiger partial charge in [-0.2, -0.15) is 0 Å². The minimum Gasteiger partial charge on any atom is -0.381 e. The van der Waals surface area contributed by atoms with Gasteiger partial charge in [-0.1, -0.05) is 26.7 Å². The maximum atomic E-state index is 12.0. The highest BCUT2D eigenvalue weighted by Crippen LogP contribution is 2.31. The summed E-state index contributed by atoms with van der Waals surface area (Å²) >= 11 is 0. The Morgan fingerprint density at radius 1 is 1.09 bits per heavy atom. The third kappa shape index (κ3) is 5.50. The highest BCUT2D eigenvalue weighted by molar-refractivity contribution is 7.91. The monoisotopic (exact) mass is 331 g/mol. The van der Waals surface area contributed by atoms with Gasteiger partial charge in [-0.25, -0.2) is 8.42 Å². The van der Waals surface area contributed by atoms with Crippen molar-refractivity contribution in [2.24, 2.45) is 11.3 Å². The van der Waals surface area contributed by atoms with E-state index in [0.29, 0.717) is 0 Å². The first-order valence-electron chi connectivity index (χ1n) is 8.78. The zero-order valence-electron chi connectivity index (χ0n) is 14.4. The van der Waals surface area contributed by atoms with Gasteiger partial charge in [-0.3, -0.25) is 0 Å². The van der Waals surface area contributed by atoms with Crippen LogP contribution >= 0.6 is 0 Å². The molecule has 1 heterocycles. The molecule has 0 radical (unpaired) electrons. The van der Waals surface area contributed by atoms with Gasteiger partial charge in [0.2, 0.25) is 0 Å². The van der Waals surface area contributed by atoms with Crippen LogP contribution in [-0.2, 0) is 14.6 Å². The van der Waals surface area contributed by atoms with Gasteiger partial charge in [0, 0.05) is 32.1 Å². The molecule has 0 unspecified atom stereocenters. The fourth-order valence-electron chi connectivity index (χ4n) is 4.05. The highest BCUT2D eigenvalue weighted by Gasteiger charge is 2.34. The van der Waals surface area contributed by atoms with Crippen LogP contribution in [0.15, 0.2) is 0 Å². The van der Waals surface area contributed by atoms with Crippen molar-refractivity contribution in [2.75, 3.05) is 26.0 Å². The fourth-order valence-corrected chi connectivity index (χ4v) is 5.48. The summed E-state index contributed by atoms with van der Waals surface area (Å²) < 4.78 is 29.4. The van der Waals surface area contributed by atoms with Gasteiger partial charge in [0.1, 0.15) is 0 Å². The second-order valence-electron chi connectivity index (χ2n) is 8.06. The van der Waals surface area contributed by atoms with Gasteiger partial charge >= 0.3 is 0 Å². The molecule has 5 heteroatoms. The van der Waals surface area contributed by atoms with E-state index in [-0.39, 0.29) is 16.7 Å². The largest absolute Gasteiger partial charge is 0.381 e. The molecule has 1 N–H and O–H groups in total. The summed E-state index contributed by atoms with van der Waals surface area (Å²) in [5.74, 6) is 0.752. The molecule has 2 atom stereocenters. The molecule has 0 aromatic heterocycles. The SMILES string of the molecule is CC(C)(CN[C@@H]1CCCC[C@@H]1S(C)(=O)=O)CC1CCOCC1. The summed E-state index contributed by atoms with van der Waals surface area (Å²) in [6.45, 7) is 7.29. The smallest absolute Gasteiger partial charge is 0.151 e. The van der Waals surface area contributed by atoms with Crippen molar-refractivity contribution in [3.63, 3.8) is 0 Å². The molecule has 2 fully saturated rings. The van der Waals surface area contributed by atoms with E-state index < -0.39 is 9.84 Å². The summed E-state index contributed by atoms with van der Waals surface area (Å²) in [6, 6.07) is 0.137. The van der Waals surface area contributed by atoms with Gasteiger partial charge in [0.05, 0.1) is 5.25 Å². The van der Waals surface area contributed by atoms with Crippen molar-refractivity contribution < 1.29 is 13.2 Å². The van der Waals surface area contributed by atoms with Crippen LogP contribution < -0.4 is 5.32 Å². The quantitative estimate of drug-likeness (QED) is 0.813. The van der Waals surface area contributed by atoms with E-state index in [0.717, 1.165) is 51.4 Å².